The molecule has 2 aromatic carbocycles. The second kappa shape index (κ2) is 8.00. The monoisotopic (exact) mass is 398 g/mol. The molecular weight excluding hydrogens is 376 g/mol. The van der Waals surface area contributed by atoms with Crippen LogP contribution in [0.15, 0.2) is 77.7 Å². The molecule has 4 aromatic rings. The van der Waals surface area contributed by atoms with E-state index in [9.17, 15) is 4.79 Å². The fraction of sp³-hybridized carbons (Fsp3) is 0.167. The maximum atomic E-state index is 12.0. The maximum absolute atomic E-state index is 12.0. The second-order valence-electron chi connectivity index (χ2n) is 7.32. The first-order valence-corrected chi connectivity index (χ1v) is 10.1. The third kappa shape index (κ3) is 3.77. The summed E-state index contributed by atoms with van der Waals surface area (Å²) in [6.45, 7) is 3.92. The largest absolute Gasteiger partial charge is 0.456 e. The lowest BCUT2D eigenvalue weighted by Gasteiger charge is -2.28. The zero-order valence-corrected chi connectivity index (χ0v) is 16.5. The summed E-state index contributed by atoms with van der Waals surface area (Å²) >= 11 is 0. The number of hydrogen-bond acceptors (Lipinski definition) is 5. The van der Waals surface area contributed by atoms with Crippen molar-refractivity contribution in [3.63, 3.8) is 0 Å². The van der Waals surface area contributed by atoms with Gasteiger partial charge in [-0.3, -0.25) is 4.79 Å². The Bertz CT molecular complexity index is 1230. The molecule has 3 heterocycles. The summed E-state index contributed by atoms with van der Waals surface area (Å²) in [6, 6.07) is 21.1. The van der Waals surface area contributed by atoms with Crippen molar-refractivity contribution in [1.82, 2.24) is 15.3 Å². The van der Waals surface area contributed by atoms with Crippen molar-refractivity contribution in [3.8, 4) is 22.6 Å². The lowest BCUT2D eigenvalue weighted by Crippen LogP contribution is -2.43. The van der Waals surface area contributed by atoms with Gasteiger partial charge in [0.2, 0.25) is 0 Å². The molecule has 0 saturated carbocycles. The van der Waals surface area contributed by atoms with E-state index in [1.807, 2.05) is 54.7 Å². The molecule has 150 valence electrons. The van der Waals surface area contributed by atoms with Gasteiger partial charge in [-0.25, -0.2) is 4.98 Å². The molecule has 0 bridgehead atoms. The number of para-hydroxylation sites is 1. The highest BCUT2D eigenvalue weighted by atomic mass is 16.5. The van der Waals surface area contributed by atoms with Gasteiger partial charge >= 0.3 is 0 Å². The van der Waals surface area contributed by atoms with Crippen LogP contribution in [-0.2, 0) is 0 Å². The lowest BCUT2D eigenvalue weighted by molar-refractivity contribution is 0.487. The van der Waals surface area contributed by atoms with E-state index in [4.69, 9.17) is 4.74 Å². The first-order chi connectivity index (χ1) is 14.8. The second-order valence-corrected chi connectivity index (χ2v) is 7.32. The van der Waals surface area contributed by atoms with Crippen LogP contribution in [0.3, 0.4) is 0 Å². The molecule has 1 saturated heterocycles. The van der Waals surface area contributed by atoms with E-state index in [1.54, 1.807) is 0 Å². The predicted octanol–water partition coefficient (Wildman–Crippen LogP) is 3.79. The zero-order valence-electron chi connectivity index (χ0n) is 16.5. The summed E-state index contributed by atoms with van der Waals surface area (Å²) in [5.41, 5.74) is 2.60. The minimum Gasteiger partial charge on any atom is -0.456 e. The van der Waals surface area contributed by atoms with Gasteiger partial charge in [-0.15, -0.1) is 0 Å². The van der Waals surface area contributed by atoms with Crippen molar-refractivity contribution >= 4 is 16.7 Å². The molecule has 1 aliphatic rings. The van der Waals surface area contributed by atoms with E-state index in [0.29, 0.717) is 11.5 Å². The summed E-state index contributed by atoms with van der Waals surface area (Å²) < 4.78 is 6.10. The number of nitrogens with zero attached hydrogens (tertiary/aromatic N) is 2. The fourth-order valence-electron chi connectivity index (χ4n) is 3.76. The number of piperazine rings is 1. The average molecular weight is 398 g/mol. The van der Waals surface area contributed by atoms with E-state index >= 15 is 0 Å². The Morgan fingerprint density at radius 3 is 2.60 bits per heavy atom. The number of anilines is 1. The van der Waals surface area contributed by atoms with Crippen LogP contribution in [0.25, 0.3) is 22.0 Å². The number of hydrogen-bond donors (Lipinski definition) is 2. The molecule has 0 radical (unpaired) electrons. The highest BCUT2D eigenvalue weighted by Crippen LogP contribution is 2.30. The van der Waals surface area contributed by atoms with Crippen LogP contribution in [0.2, 0.25) is 0 Å². The van der Waals surface area contributed by atoms with Crippen LogP contribution in [0.4, 0.5) is 5.82 Å². The van der Waals surface area contributed by atoms with Crippen molar-refractivity contribution in [2.75, 3.05) is 31.1 Å². The molecule has 0 unspecified atom stereocenters. The quantitative estimate of drug-likeness (QED) is 0.547. The molecule has 2 aromatic heterocycles. The predicted molar refractivity (Wildman–Crippen MR) is 119 cm³/mol. The molecule has 0 amide bonds. The average Bonchev–Trinajstić information content (AvgIpc) is 2.80. The van der Waals surface area contributed by atoms with Crippen molar-refractivity contribution < 1.29 is 4.74 Å². The third-order valence-corrected chi connectivity index (χ3v) is 5.30. The van der Waals surface area contributed by atoms with Crippen molar-refractivity contribution in [2.45, 2.75) is 0 Å². The molecule has 1 aliphatic heterocycles. The van der Waals surface area contributed by atoms with E-state index in [0.717, 1.165) is 54.0 Å². The Morgan fingerprint density at radius 1 is 0.900 bits per heavy atom. The number of rotatable bonds is 4. The Labute approximate surface area is 174 Å². The zero-order chi connectivity index (χ0) is 20.3. The van der Waals surface area contributed by atoms with Gasteiger partial charge in [0.25, 0.3) is 5.56 Å². The number of benzene rings is 2. The minimum absolute atomic E-state index is 0.187. The van der Waals surface area contributed by atoms with E-state index in [-0.39, 0.29) is 5.56 Å². The maximum Gasteiger partial charge on any atom is 0.252 e. The molecule has 30 heavy (non-hydrogen) atoms. The molecule has 0 aliphatic carbocycles. The number of H-pyrrole nitrogens is 1. The summed E-state index contributed by atoms with van der Waals surface area (Å²) in [5.74, 6) is 2.22. The fourth-order valence-corrected chi connectivity index (χ4v) is 3.76. The lowest BCUT2D eigenvalue weighted by atomic mass is 10.1. The van der Waals surface area contributed by atoms with Crippen LogP contribution in [0.1, 0.15) is 0 Å². The van der Waals surface area contributed by atoms with Crippen LogP contribution in [0, 0.1) is 0 Å². The number of pyridine rings is 2. The van der Waals surface area contributed by atoms with Crippen molar-refractivity contribution in [2.24, 2.45) is 0 Å². The first-order valence-electron chi connectivity index (χ1n) is 10.1. The summed E-state index contributed by atoms with van der Waals surface area (Å²) in [6.07, 6.45) is 1.90. The number of aromatic amines is 1. The van der Waals surface area contributed by atoms with E-state index in [2.05, 4.69) is 32.3 Å². The van der Waals surface area contributed by atoms with Gasteiger partial charge in [0.05, 0.1) is 5.52 Å². The Morgan fingerprint density at radius 2 is 1.77 bits per heavy atom. The highest BCUT2D eigenvalue weighted by molar-refractivity contribution is 5.85. The van der Waals surface area contributed by atoms with Gasteiger partial charge in [0, 0.05) is 49.4 Å². The summed E-state index contributed by atoms with van der Waals surface area (Å²) in [7, 11) is 0. The van der Waals surface area contributed by atoms with Crippen LogP contribution >= 0.6 is 0 Å². The van der Waals surface area contributed by atoms with E-state index in [1.165, 1.54) is 6.07 Å². The van der Waals surface area contributed by atoms with Crippen LogP contribution in [0.5, 0.6) is 11.5 Å². The molecular formula is C24H22N4O2. The third-order valence-electron chi connectivity index (χ3n) is 5.30. The smallest absolute Gasteiger partial charge is 0.252 e. The Hall–Kier alpha value is -3.64. The Balaban J connectivity index is 1.42. The Kier molecular flexibility index (Phi) is 4.91. The van der Waals surface area contributed by atoms with E-state index < -0.39 is 0 Å². The van der Waals surface area contributed by atoms with Crippen molar-refractivity contribution in [1.29, 1.82) is 0 Å². The minimum atomic E-state index is -0.187. The number of aromatic nitrogens is 2. The van der Waals surface area contributed by atoms with Gasteiger partial charge in [0.15, 0.2) is 0 Å². The molecule has 0 atom stereocenters. The van der Waals surface area contributed by atoms with Gasteiger partial charge in [0.1, 0.15) is 17.3 Å². The van der Waals surface area contributed by atoms with Gasteiger partial charge < -0.3 is 19.9 Å². The standard InChI is InChI=1S/C24H22N4O2/c29-24-15-22(20-6-1-2-7-21(20)27-24)30-19-5-3-4-17(14-19)18-8-9-23(26-16-18)28-12-10-25-11-13-28/h1-9,14-16,25H,10-13H2,(H,27,29). The summed E-state index contributed by atoms with van der Waals surface area (Å²) in [4.78, 5) is 21.8. The summed E-state index contributed by atoms with van der Waals surface area (Å²) in [5, 5.41) is 4.22. The van der Waals surface area contributed by atoms with Crippen LogP contribution < -0.4 is 20.5 Å². The SMILES string of the molecule is O=c1cc(Oc2cccc(-c3ccc(N4CCNCC4)nc3)c2)c2ccccc2[nH]1. The van der Waals surface area contributed by atoms with Gasteiger partial charge in [-0.1, -0.05) is 24.3 Å². The first kappa shape index (κ1) is 18.4. The molecule has 1 fully saturated rings. The number of fused-ring (bicyclic) bond motifs is 1. The van der Waals surface area contributed by atoms with Gasteiger partial charge in [-0.2, -0.15) is 0 Å². The molecule has 6 heteroatoms. The molecule has 5 rings (SSSR count). The van der Waals surface area contributed by atoms with Crippen LogP contribution in [-0.4, -0.2) is 36.1 Å². The molecule has 2 N–H and O–H groups in total. The highest BCUT2D eigenvalue weighted by Gasteiger charge is 2.12. The topological polar surface area (TPSA) is 70.2 Å². The number of ether oxygens (including phenoxy) is 1. The molecule has 0 spiro atoms. The molecule has 6 nitrogen and oxygen atoms in total. The van der Waals surface area contributed by atoms with Crippen molar-refractivity contribution in [3.05, 3.63) is 83.3 Å². The normalized spacial score (nSPS) is 14.1. The number of nitrogens with one attached hydrogen (secondary N) is 2. The van der Waals surface area contributed by atoms with Gasteiger partial charge in [-0.05, 0) is 42.0 Å².